The maximum absolute atomic E-state index is 12.4. The van der Waals surface area contributed by atoms with Crippen molar-refractivity contribution in [2.75, 3.05) is 13.1 Å². The molecule has 25 heavy (non-hydrogen) atoms. The molecule has 1 aromatic carbocycles. The van der Waals surface area contributed by atoms with Crippen LogP contribution in [-0.2, 0) is 9.59 Å². The summed E-state index contributed by atoms with van der Waals surface area (Å²) in [6.07, 6.45) is -4.45. The molecule has 6 nitrogen and oxygen atoms in total. The van der Waals surface area contributed by atoms with E-state index in [1.807, 2.05) is 5.32 Å². The summed E-state index contributed by atoms with van der Waals surface area (Å²) in [6.45, 7) is 1.69. The average Bonchev–Trinajstić information content (AvgIpc) is 2.53. The predicted octanol–water partition coefficient (Wildman–Crippen LogP) is 1.89. The molecule has 0 bridgehead atoms. The van der Waals surface area contributed by atoms with Gasteiger partial charge in [-0.1, -0.05) is 6.07 Å². The van der Waals surface area contributed by atoms with Gasteiger partial charge < -0.3 is 15.0 Å². The highest BCUT2D eigenvalue weighted by Crippen LogP contribution is 2.20. The summed E-state index contributed by atoms with van der Waals surface area (Å²) in [5.74, 6) is -2.54. The summed E-state index contributed by atoms with van der Waals surface area (Å²) < 4.78 is 41.7. The quantitative estimate of drug-likeness (QED) is 0.661. The maximum Gasteiger partial charge on any atom is 0.471 e. The minimum Gasteiger partial charge on any atom is -0.427 e. The van der Waals surface area contributed by atoms with E-state index in [1.165, 1.54) is 24.0 Å². The van der Waals surface area contributed by atoms with Crippen molar-refractivity contribution >= 4 is 17.8 Å². The van der Waals surface area contributed by atoms with Crippen molar-refractivity contribution in [3.63, 3.8) is 0 Å². The van der Waals surface area contributed by atoms with Crippen LogP contribution in [0.4, 0.5) is 13.2 Å². The molecule has 1 aromatic rings. The number of carbonyl (C=O) groups is 3. The summed E-state index contributed by atoms with van der Waals surface area (Å²) in [5, 5.41) is 1.93. The van der Waals surface area contributed by atoms with E-state index in [9.17, 15) is 27.6 Å². The molecular weight excluding hydrogens is 341 g/mol. The molecule has 2 rings (SSSR count). The molecule has 1 heterocycles. The molecule has 2 amide bonds. The Bertz CT molecular complexity index is 668. The van der Waals surface area contributed by atoms with Gasteiger partial charge in [-0.05, 0) is 31.0 Å². The zero-order valence-corrected chi connectivity index (χ0v) is 13.4. The van der Waals surface area contributed by atoms with Crippen LogP contribution >= 0.6 is 0 Å². The number of piperidine rings is 1. The molecular formula is C16H17F3N2O4. The van der Waals surface area contributed by atoms with E-state index in [0.717, 1.165) is 0 Å². The first-order chi connectivity index (χ1) is 11.7. The summed E-state index contributed by atoms with van der Waals surface area (Å²) >= 11 is 0. The minimum absolute atomic E-state index is 0.222. The lowest BCUT2D eigenvalue weighted by molar-refractivity contribution is -0.174. The summed E-state index contributed by atoms with van der Waals surface area (Å²) in [5.41, 5.74) is 0.316. The summed E-state index contributed by atoms with van der Waals surface area (Å²) in [4.78, 5) is 35.8. The fraction of sp³-hybridized carbons (Fsp3) is 0.438. The van der Waals surface area contributed by atoms with Gasteiger partial charge in [0, 0.05) is 31.6 Å². The molecule has 136 valence electrons. The van der Waals surface area contributed by atoms with Gasteiger partial charge in [0.05, 0.1) is 0 Å². The Morgan fingerprint density at radius 3 is 2.40 bits per heavy atom. The summed E-state index contributed by atoms with van der Waals surface area (Å²) in [6, 6.07) is 5.48. The van der Waals surface area contributed by atoms with Gasteiger partial charge in [-0.25, -0.2) is 0 Å². The van der Waals surface area contributed by atoms with Crippen molar-refractivity contribution in [3.8, 4) is 5.75 Å². The molecule has 1 N–H and O–H groups in total. The fourth-order valence-electron chi connectivity index (χ4n) is 2.54. The molecule has 1 aliphatic rings. The van der Waals surface area contributed by atoms with Crippen LogP contribution in [0, 0.1) is 0 Å². The highest BCUT2D eigenvalue weighted by molar-refractivity contribution is 5.94. The van der Waals surface area contributed by atoms with Gasteiger partial charge in [-0.15, -0.1) is 0 Å². The molecule has 0 unspecified atom stereocenters. The van der Waals surface area contributed by atoms with Crippen molar-refractivity contribution in [2.45, 2.75) is 32.0 Å². The Morgan fingerprint density at radius 2 is 1.84 bits per heavy atom. The molecule has 1 fully saturated rings. The molecule has 0 aliphatic carbocycles. The Labute approximate surface area is 141 Å². The topological polar surface area (TPSA) is 75.7 Å². The third kappa shape index (κ3) is 5.20. The average molecular weight is 358 g/mol. The number of nitrogens with one attached hydrogen (secondary N) is 1. The van der Waals surface area contributed by atoms with Crippen LogP contribution in [0.2, 0.25) is 0 Å². The van der Waals surface area contributed by atoms with Gasteiger partial charge in [0.15, 0.2) is 0 Å². The van der Waals surface area contributed by atoms with E-state index >= 15 is 0 Å². The second kappa shape index (κ2) is 7.54. The number of rotatable bonds is 3. The molecule has 9 heteroatoms. The van der Waals surface area contributed by atoms with Crippen LogP contribution in [0.3, 0.4) is 0 Å². The van der Waals surface area contributed by atoms with Gasteiger partial charge in [0.1, 0.15) is 5.75 Å². The molecule has 0 atom stereocenters. The van der Waals surface area contributed by atoms with Crippen LogP contribution in [0.15, 0.2) is 24.3 Å². The first-order valence-electron chi connectivity index (χ1n) is 7.62. The van der Waals surface area contributed by atoms with Crippen molar-refractivity contribution in [1.82, 2.24) is 10.2 Å². The van der Waals surface area contributed by atoms with E-state index in [2.05, 4.69) is 0 Å². The first kappa shape index (κ1) is 18.8. The lowest BCUT2D eigenvalue weighted by Gasteiger charge is -2.32. The lowest BCUT2D eigenvalue weighted by atomic mass is 10.0. The second-order valence-corrected chi connectivity index (χ2v) is 5.66. The van der Waals surface area contributed by atoms with Crippen molar-refractivity contribution in [1.29, 1.82) is 0 Å². The number of carbonyl (C=O) groups excluding carboxylic acids is 3. The normalized spacial score (nSPS) is 15.6. The number of alkyl halides is 3. The molecule has 0 aromatic heterocycles. The van der Waals surface area contributed by atoms with Crippen molar-refractivity contribution < 1.29 is 32.3 Å². The van der Waals surface area contributed by atoms with E-state index in [4.69, 9.17) is 4.74 Å². The van der Waals surface area contributed by atoms with Crippen LogP contribution in [0.25, 0.3) is 0 Å². The van der Waals surface area contributed by atoms with Crippen LogP contribution in [-0.4, -0.2) is 48.0 Å². The van der Waals surface area contributed by atoms with Crippen LogP contribution < -0.4 is 10.1 Å². The zero-order chi connectivity index (χ0) is 18.6. The highest BCUT2D eigenvalue weighted by Gasteiger charge is 2.40. The standard InChI is InChI=1S/C16H17F3N2O4/c1-10(22)25-13-4-2-3-11(9-13)14(23)21-7-5-12(6-8-21)20-15(24)16(17,18)19/h2-4,9,12H,5-8H2,1H3,(H,20,24). The fourth-order valence-corrected chi connectivity index (χ4v) is 2.54. The van der Waals surface area contributed by atoms with Gasteiger partial charge in [-0.2, -0.15) is 13.2 Å². The van der Waals surface area contributed by atoms with Gasteiger partial charge in [-0.3, -0.25) is 14.4 Å². The molecule has 0 radical (unpaired) electrons. The number of likely N-dealkylation sites (tertiary alicyclic amines) is 1. The van der Waals surface area contributed by atoms with E-state index in [-0.39, 0.29) is 37.6 Å². The Kier molecular flexibility index (Phi) is 5.66. The van der Waals surface area contributed by atoms with Gasteiger partial charge in [0.2, 0.25) is 0 Å². The predicted molar refractivity (Wildman–Crippen MR) is 80.9 cm³/mol. The number of nitrogens with zero attached hydrogens (tertiary/aromatic N) is 1. The minimum atomic E-state index is -4.91. The number of amides is 2. The SMILES string of the molecule is CC(=O)Oc1cccc(C(=O)N2CCC(NC(=O)C(F)(F)F)CC2)c1. The number of hydrogen-bond acceptors (Lipinski definition) is 4. The largest absolute Gasteiger partial charge is 0.471 e. The Morgan fingerprint density at radius 1 is 1.20 bits per heavy atom. The Balaban J connectivity index is 1.93. The van der Waals surface area contributed by atoms with Crippen molar-refractivity contribution in [2.24, 2.45) is 0 Å². The van der Waals surface area contributed by atoms with Gasteiger partial charge >= 0.3 is 18.1 Å². The number of esters is 1. The number of ether oxygens (including phenoxy) is 1. The van der Waals surface area contributed by atoms with E-state index < -0.39 is 24.1 Å². The van der Waals surface area contributed by atoms with Gasteiger partial charge in [0.25, 0.3) is 5.91 Å². The molecule has 1 saturated heterocycles. The monoisotopic (exact) mass is 358 g/mol. The number of benzene rings is 1. The second-order valence-electron chi connectivity index (χ2n) is 5.66. The first-order valence-corrected chi connectivity index (χ1v) is 7.62. The van der Waals surface area contributed by atoms with Crippen LogP contribution in [0.1, 0.15) is 30.1 Å². The number of hydrogen-bond donors (Lipinski definition) is 1. The van der Waals surface area contributed by atoms with E-state index in [0.29, 0.717) is 5.56 Å². The molecule has 1 aliphatic heterocycles. The van der Waals surface area contributed by atoms with E-state index in [1.54, 1.807) is 12.1 Å². The zero-order valence-electron chi connectivity index (χ0n) is 13.4. The Hall–Kier alpha value is -2.58. The van der Waals surface area contributed by atoms with Crippen LogP contribution in [0.5, 0.6) is 5.75 Å². The highest BCUT2D eigenvalue weighted by atomic mass is 19.4. The maximum atomic E-state index is 12.4. The lowest BCUT2D eigenvalue weighted by Crippen LogP contribution is -2.49. The third-order valence-corrected chi connectivity index (χ3v) is 3.72. The third-order valence-electron chi connectivity index (χ3n) is 3.72. The number of halogens is 3. The van der Waals surface area contributed by atoms with Crippen molar-refractivity contribution in [3.05, 3.63) is 29.8 Å². The smallest absolute Gasteiger partial charge is 0.427 e. The molecule has 0 spiro atoms. The summed E-state index contributed by atoms with van der Waals surface area (Å²) in [7, 11) is 0. The molecule has 0 saturated carbocycles.